The fraction of sp³-hybridized carbons (Fsp3) is 0.800. The van der Waals surface area contributed by atoms with E-state index in [1.807, 2.05) is 0 Å². The number of hydrogen-bond acceptors (Lipinski definition) is 9. The highest BCUT2D eigenvalue weighted by molar-refractivity contribution is 5.71. The summed E-state index contributed by atoms with van der Waals surface area (Å²) in [5.41, 5.74) is 16.0. The number of nitrogens with two attached hydrogens (primary N) is 3. The smallest absolute Gasteiger partial charge is 0.306 e. The van der Waals surface area contributed by atoms with Crippen LogP contribution in [0, 0.1) is 0 Å². The molecule has 0 aromatic rings. The summed E-state index contributed by atoms with van der Waals surface area (Å²) in [4.78, 5) is 34.6. The van der Waals surface area contributed by atoms with Crippen LogP contribution in [0.15, 0.2) is 0 Å². The first-order valence-electron chi connectivity index (χ1n) is 8.14. The summed E-state index contributed by atoms with van der Waals surface area (Å²) in [5, 5.41) is 0. The predicted octanol–water partition coefficient (Wildman–Crippen LogP) is -0.799. The van der Waals surface area contributed by atoms with Gasteiger partial charge in [-0.3, -0.25) is 14.4 Å². The van der Waals surface area contributed by atoms with Crippen LogP contribution in [0.25, 0.3) is 0 Å². The SMILES string of the molecule is NCCCC(=O)OCC(COC(=O)CCCN)OC(=O)CCCN. The Morgan fingerprint density at radius 3 is 1.42 bits per heavy atom. The second kappa shape index (κ2) is 14.9. The minimum Gasteiger partial charge on any atom is -0.462 e. The molecule has 9 nitrogen and oxygen atoms in total. The fourth-order valence-corrected chi connectivity index (χ4v) is 1.62. The van der Waals surface area contributed by atoms with E-state index < -0.39 is 24.0 Å². The largest absolute Gasteiger partial charge is 0.462 e. The molecule has 0 spiro atoms. The first-order chi connectivity index (χ1) is 11.5. The van der Waals surface area contributed by atoms with E-state index in [0.29, 0.717) is 38.9 Å². The van der Waals surface area contributed by atoms with Crippen LogP contribution in [0.5, 0.6) is 0 Å². The quantitative estimate of drug-likeness (QED) is 0.270. The van der Waals surface area contributed by atoms with E-state index in [4.69, 9.17) is 31.4 Å². The van der Waals surface area contributed by atoms with Crippen LogP contribution in [-0.4, -0.2) is 56.9 Å². The molecule has 0 rings (SSSR count). The summed E-state index contributed by atoms with van der Waals surface area (Å²) in [6.07, 6.45) is 1.16. The number of carbonyl (C=O) groups is 3. The number of esters is 3. The maximum atomic E-state index is 11.7. The van der Waals surface area contributed by atoms with Crippen LogP contribution in [0.3, 0.4) is 0 Å². The highest BCUT2D eigenvalue weighted by Gasteiger charge is 2.19. The molecule has 0 radical (unpaired) electrons. The number of hydrogen-bond donors (Lipinski definition) is 3. The predicted molar refractivity (Wildman–Crippen MR) is 86.7 cm³/mol. The molecule has 0 saturated heterocycles. The lowest BCUT2D eigenvalue weighted by Crippen LogP contribution is -2.31. The average Bonchev–Trinajstić information content (AvgIpc) is 2.58. The van der Waals surface area contributed by atoms with Gasteiger partial charge in [0.1, 0.15) is 13.2 Å². The number of rotatable bonds is 14. The van der Waals surface area contributed by atoms with Crippen molar-refractivity contribution in [2.24, 2.45) is 17.2 Å². The molecule has 0 aromatic heterocycles. The first kappa shape index (κ1) is 22.3. The van der Waals surface area contributed by atoms with Crippen LogP contribution in [0.4, 0.5) is 0 Å². The third-order valence-electron chi connectivity index (χ3n) is 2.91. The molecule has 0 unspecified atom stereocenters. The Hall–Kier alpha value is -1.71. The van der Waals surface area contributed by atoms with Gasteiger partial charge in [0.25, 0.3) is 0 Å². The summed E-state index contributed by atoms with van der Waals surface area (Å²) < 4.78 is 15.2. The monoisotopic (exact) mass is 347 g/mol. The number of carbonyl (C=O) groups excluding carboxylic acids is 3. The van der Waals surface area contributed by atoms with E-state index in [1.165, 1.54) is 0 Å². The van der Waals surface area contributed by atoms with Crippen molar-refractivity contribution in [3.05, 3.63) is 0 Å². The molecule has 140 valence electrons. The Morgan fingerprint density at radius 2 is 1.04 bits per heavy atom. The highest BCUT2D eigenvalue weighted by Crippen LogP contribution is 2.03. The first-order valence-corrected chi connectivity index (χ1v) is 8.14. The molecular weight excluding hydrogens is 318 g/mol. The molecule has 0 aromatic carbocycles. The molecule has 0 amide bonds. The second-order valence-electron chi connectivity index (χ2n) is 5.15. The van der Waals surface area contributed by atoms with Crippen LogP contribution in [0.1, 0.15) is 38.5 Å². The molecule has 6 N–H and O–H groups in total. The molecule has 0 aliphatic heterocycles. The Bertz CT molecular complexity index is 354. The summed E-state index contributed by atoms with van der Waals surface area (Å²) in [6.45, 7) is 0.766. The van der Waals surface area contributed by atoms with Crippen molar-refractivity contribution in [1.82, 2.24) is 0 Å². The maximum absolute atomic E-state index is 11.7. The van der Waals surface area contributed by atoms with Crippen LogP contribution < -0.4 is 17.2 Å². The van der Waals surface area contributed by atoms with Crippen LogP contribution in [-0.2, 0) is 28.6 Å². The van der Waals surface area contributed by atoms with Gasteiger partial charge in [-0.1, -0.05) is 0 Å². The summed E-state index contributed by atoms with van der Waals surface area (Å²) in [7, 11) is 0. The van der Waals surface area contributed by atoms with Gasteiger partial charge in [-0.2, -0.15) is 0 Å². The van der Waals surface area contributed by atoms with Crippen molar-refractivity contribution in [3.63, 3.8) is 0 Å². The van der Waals surface area contributed by atoms with E-state index in [9.17, 15) is 14.4 Å². The molecule has 0 heterocycles. The van der Waals surface area contributed by atoms with Gasteiger partial charge in [-0.25, -0.2) is 0 Å². The van der Waals surface area contributed by atoms with Crippen molar-refractivity contribution in [2.75, 3.05) is 32.8 Å². The van der Waals surface area contributed by atoms with E-state index in [2.05, 4.69) is 0 Å². The van der Waals surface area contributed by atoms with Gasteiger partial charge in [0, 0.05) is 19.3 Å². The molecular formula is C15H29N3O6. The minimum absolute atomic E-state index is 0.148. The zero-order valence-corrected chi connectivity index (χ0v) is 14.0. The summed E-state index contributed by atoms with van der Waals surface area (Å²) >= 11 is 0. The van der Waals surface area contributed by atoms with Gasteiger partial charge >= 0.3 is 17.9 Å². The molecule has 0 atom stereocenters. The van der Waals surface area contributed by atoms with Crippen molar-refractivity contribution in [2.45, 2.75) is 44.6 Å². The zero-order chi connectivity index (χ0) is 18.2. The van der Waals surface area contributed by atoms with Crippen LogP contribution >= 0.6 is 0 Å². The van der Waals surface area contributed by atoms with E-state index in [1.54, 1.807) is 0 Å². The molecule has 9 heteroatoms. The standard InChI is InChI=1S/C15H29N3O6/c16-7-1-4-13(19)22-10-12(24-15(21)6-3-9-18)11-23-14(20)5-2-8-17/h12H,1-11,16-18H2. The van der Waals surface area contributed by atoms with Crippen molar-refractivity contribution >= 4 is 17.9 Å². The Morgan fingerprint density at radius 1 is 0.667 bits per heavy atom. The highest BCUT2D eigenvalue weighted by atomic mass is 16.6. The summed E-state index contributed by atoms with van der Waals surface area (Å²) in [5.74, 6) is -1.38. The van der Waals surface area contributed by atoms with E-state index in [0.717, 1.165) is 0 Å². The lowest BCUT2D eigenvalue weighted by Gasteiger charge is -2.18. The van der Waals surface area contributed by atoms with Gasteiger partial charge in [0.15, 0.2) is 6.10 Å². The average molecular weight is 347 g/mol. The Labute approximate surface area is 142 Å². The zero-order valence-electron chi connectivity index (χ0n) is 14.0. The molecule has 0 aliphatic carbocycles. The third kappa shape index (κ3) is 12.8. The topological polar surface area (TPSA) is 157 Å². The molecule has 24 heavy (non-hydrogen) atoms. The van der Waals surface area contributed by atoms with Gasteiger partial charge in [0.05, 0.1) is 0 Å². The van der Waals surface area contributed by atoms with Crippen molar-refractivity contribution < 1.29 is 28.6 Å². The molecule has 0 aliphatic rings. The van der Waals surface area contributed by atoms with E-state index >= 15 is 0 Å². The van der Waals surface area contributed by atoms with Gasteiger partial charge in [-0.05, 0) is 38.9 Å². The van der Waals surface area contributed by atoms with E-state index in [-0.39, 0.29) is 32.5 Å². The Balaban J connectivity index is 4.34. The maximum Gasteiger partial charge on any atom is 0.306 e. The van der Waals surface area contributed by atoms with Crippen molar-refractivity contribution in [1.29, 1.82) is 0 Å². The molecule has 0 saturated carbocycles. The normalized spacial score (nSPS) is 10.5. The van der Waals surface area contributed by atoms with Gasteiger partial charge < -0.3 is 31.4 Å². The van der Waals surface area contributed by atoms with Gasteiger partial charge in [-0.15, -0.1) is 0 Å². The molecule has 0 fully saturated rings. The van der Waals surface area contributed by atoms with Crippen molar-refractivity contribution in [3.8, 4) is 0 Å². The van der Waals surface area contributed by atoms with Crippen LogP contribution in [0.2, 0.25) is 0 Å². The minimum atomic E-state index is -0.848. The number of ether oxygens (including phenoxy) is 3. The fourth-order valence-electron chi connectivity index (χ4n) is 1.62. The third-order valence-corrected chi connectivity index (χ3v) is 2.91. The van der Waals surface area contributed by atoms with Gasteiger partial charge in [0.2, 0.25) is 0 Å². The lowest BCUT2D eigenvalue weighted by molar-refractivity contribution is -0.166. The molecule has 0 bridgehead atoms. The second-order valence-corrected chi connectivity index (χ2v) is 5.15. The summed E-state index contributed by atoms with van der Waals surface area (Å²) in [6, 6.07) is 0. The Kier molecular flexibility index (Phi) is 13.8. The lowest BCUT2D eigenvalue weighted by atomic mass is 10.3.